The molecule has 3 heterocycles. The van der Waals surface area contributed by atoms with Crippen LogP contribution in [0, 0.1) is 0 Å². The van der Waals surface area contributed by atoms with E-state index in [9.17, 15) is 4.79 Å². The van der Waals surface area contributed by atoms with Gasteiger partial charge in [0.05, 0.1) is 26.7 Å². The number of benzene rings is 1. The van der Waals surface area contributed by atoms with E-state index in [0.29, 0.717) is 0 Å². The highest BCUT2D eigenvalue weighted by molar-refractivity contribution is 5.98. The van der Waals surface area contributed by atoms with Crippen molar-refractivity contribution in [3.05, 3.63) is 35.4 Å². The third kappa shape index (κ3) is 3.23. The number of methoxy groups -OCH3 is 1. The van der Waals surface area contributed by atoms with Gasteiger partial charge in [0.15, 0.2) is 5.78 Å². The van der Waals surface area contributed by atoms with E-state index in [0.717, 1.165) is 27.9 Å². The van der Waals surface area contributed by atoms with Crippen LogP contribution in [0.3, 0.4) is 0 Å². The lowest BCUT2D eigenvalue weighted by Gasteiger charge is -2.50. The maximum atomic E-state index is 12.1. The fourth-order valence-corrected chi connectivity index (χ4v) is 3.49. The number of hydrogen-bond donors (Lipinski definition) is 0. The minimum atomic E-state index is 0.191. The zero-order valence-electron chi connectivity index (χ0n) is 13.5. The molecule has 4 nitrogen and oxygen atoms in total. The van der Waals surface area contributed by atoms with E-state index in [4.69, 9.17) is 4.74 Å². The summed E-state index contributed by atoms with van der Waals surface area (Å²) in [6.45, 7) is 9.60. The number of rotatable bonds is 5. The SMILES string of the molecule is COc1ccc(/C=C(\C[N+]23CCN(CC2)CC3)C(C)=O)cc1. The Hall–Kier alpha value is -1.65. The molecule has 0 aliphatic carbocycles. The summed E-state index contributed by atoms with van der Waals surface area (Å²) in [5.41, 5.74) is 2.01. The normalized spacial score (nSPS) is 27.7. The van der Waals surface area contributed by atoms with E-state index in [1.807, 2.05) is 24.3 Å². The molecule has 3 aliphatic heterocycles. The zero-order chi connectivity index (χ0) is 15.6. The van der Waals surface area contributed by atoms with Gasteiger partial charge in [-0.1, -0.05) is 12.1 Å². The van der Waals surface area contributed by atoms with Gasteiger partial charge in [-0.25, -0.2) is 0 Å². The number of fused-ring (bicyclic) bond motifs is 3. The second-order valence-electron chi connectivity index (χ2n) is 6.51. The smallest absolute Gasteiger partial charge is 0.161 e. The zero-order valence-corrected chi connectivity index (χ0v) is 13.5. The van der Waals surface area contributed by atoms with Gasteiger partial charge in [-0.3, -0.25) is 9.69 Å². The summed E-state index contributed by atoms with van der Waals surface area (Å²) in [4.78, 5) is 14.6. The summed E-state index contributed by atoms with van der Waals surface area (Å²) in [5.74, 6) is 1.03. The molecule has 3 aliphatic rings. The number of hydrogen-bond acceptors (Lipinski definition) is 3. The van der Waals surface area contributed by atoms with Gasteiger partial charge in [-0.05, 0) is 30.7 Å². The van der Waals surface area contributed by atoms with Crippen molar-refractivity contribution in [3.8, 4) is 5.75 Å². The Balaban J connectivity index is 1.79. The van der Waals surface area contributed by atoms with Gasteiger partial charge in [0.1, 0.15) is 12.3 Å². The minimum Gasteiger partial charge on any atom is -0.497 e. The van der Waals surface area contributed by atoms with Crippen molar-refractivity contribution in [2.24, 2.45) is 0 Å². The lowest BCUT2D eigenvalue weighted by molar-refractivity contribution is -0.936. The molecule has 3 saturated heterocycles. The van der Waals surface area contributed by atoms with Crippen LogP contribution in [0.2, 0.25) is 0 Å². The molecule has 0 atom stereocenters. The quantitative estimate of drug-likeness (QED) is 0.614. The Bertz CT molecular complexity index is 555. The molecule has 4 heteroatoms. The number of Topliss-reactive ketones (excluding diaryl/α,β-unsaturated/α-hetero) is 1. The van der Waals surface area contributed by atoms with Crippen molar-refractivity contribution >= 4 is 11.9 Å². The third-order valence-corrected chi connectivity index (χ3v) is 5.09. The van der Waals surface area contributed by atoms with E-state index in [2.05, 4.69) is 11.0 Å². The standard InChI is InChI=1S/C18H25N2O2/c1-15(21)17(13-16-3-5-18(22-2)6-4-16)14-20-10-7-19(8-11-20)9-12-20/h3-6,13H,7-12,14H2,1-2H3/q+1/b17-13+. The number of piperazine rings is 3. The number of quaternary nitrogens is 1. The largest absolute Gasteiger partial charge is 0.497 e. The van der Waals surface area contributed by atoms with Crippen molar-refractivity contribution in [1.82, 2.24) is 4.90 Å². The van der Waals surface area contributed by atoms with E-state index >= 15 is 0 Å². The Morgan fingerprint density at radius 2 is 1.77 bits per heavy atom. The van der Waals surface area contributed by atoms with Crippen LogP contribution in [0.5, 0.6) is 5.75 Å². The van der Waals surface area contributed by atoms with Crippen LogP contribution in [0.15, 0.2) is 29.8 Å². The first-order valence-electron chi connectivity index (χ1n) is 8.03. The van der Waals surface area contributed by atoms with Crippen LogP contribution in [-0.2, 0) is 4.79 Å². The van der Waals surface area contributed by atoms with Gasteiger partial charge in [0.2, 0.25) is 0 Å². The van der Waals surface area contributed by atoms with Gasteiger partial charge in [0, 0.05) is 25.2 Å². The molecule has 3 fully saturated rings. The summed E-state index contributed by atoms with van der Waals surface area (Å²) >= 11 is 0. The number of ether oxygens (including phenoxy) is 1. The van der Waals surface area contributed by atoms with E-state index in [1.165, 1.54) is 39.3 Å². The lowest BCUT2D eigenvalue weighted by Crippen LogP contribution is -2.67. The fourth-order valence-electron chi connectivity index (χ4n) is 3.49. The molecule has 0 amide bonds. The van der Waals surface area contributed by atoms with Gasteiger partial charge >= 0.3 is 0 Å². The van der Waals surface area contributed by atoms with Crippen LogP contribution in [0.25, 0.3) is 6.08 Å². The third-order valence-electron chi connectivity index (χ3n) is 5.09. The molecule has 1 aromatic rings. The van der Waals surface area contributed by atoms with Crippen molar-refractivity contribution in [3.63, 3.8) is 0 Å². The lowest BCUT2D eigenvalue weighted by atomic mass is 10.0. The van der Waals surface area contributed by atoms with Crippen molar-refractivity contribution < 1.29 is 14.0 Å². The molecule has 4 rings (SSSR count). The van der Waals surface area contributed by atoms with Crippen LogP contribution >= 0.6 is 0 Å². The Labute approximate surface area is 132 Å². The highest BCUT2D eigenvalue weighted by atomic mass is 16.5. The number of carbonyl (C=O) groups excluding carboxylic acids is 1. The average Bonchev–Trinajstić information content (AvgIpc) is 2.56. The van der Waals surface area contributed by atoms with E-state index < -0.39 is 0 Å². The number of nitrogens with zero attached hydrogens (tertiary/aromatic N) is 2. The monoisotopic (exact) mass is 301 g/mol. The summed E-state index contributed by atoms with van der Waals surface area (Å²) in [6.07, 6.45) is 2.05. The molecule has 2 bridgehead atoms. The Morgan fingerprint density at radius 1 is 1.18 bits per heavy atom. The average molecular weight is 301 g/mol. The fraction of sp³-hybridized carbons (Fsp3) is 0.500. The molecule has 0 saturated carbocycles. The first kappa shape index (κ1) is 15.3. The molecule has 22 heavy (non-hydrogen) atoms. The Morgan fingerprint density at radius 3 is 2.27 bits per heavy atom. The first-order valence-corrected chi connectivity index (χ1v) is 8.03. The molecule has 0 spiro atoms. The molecular formula is C18H25N2O2+. The van der Waals surface area contributed by atoms with Gasteiger partial charge in [0.25, 0.3) is 0 Å². The summed E-state index contributed by atoms with van der Waals surface area (Å²) in [5, 5.41) is 0. The first-order chi connectivity index (χ1) is 10.6. The van der Waals surface area contributed by atoms with Crippen LogP contribution < -0.4 is 4.74 Å². The molecular weight excluding hydrogens is 276 g/mol. The van der Waals surface area contributed by atoms with Crippen LogP contribution in [0.4, 0.5) is 0 Å². The second-order valence-corrected chi connectivity index (χ2v) is 6.51. The van der Waals surface area contributed by atoms with Gasteiger partial charge in [-0.2, -0.15) is 0 Å². The molecule has 0 radical (unpaired) electrons. The molecule has 0 N–H and O–H groups in total. The number of ketones is 1. The topological polar surface area (TPSA) is 29.5 Å². The minimum absolute atomic E-state index is 0.191. The highest BCUT2D eigenvalue weighted by Crippen LogP contribution is 2.23. The van der Waals surface area contributed by atoms with Gasteiger partial charge in [-0.15, -0.1) is 0 Å². The summed E-state index contributed by atoms with van der Waals surface area (Å²) < 4.78 is 6.27. The number of carbonyl (C=O) groups is 1. The predicted octanol–water partition coefficient (Wildman–Crippen LogP) is 1.81. The molecule has 0 aromatic heterocycles. The molecule has 0 unspecified atom stereocenters. The van der Waals surface area contributed by atoms with Crippen molar-refractivity contribution in [2.45, 2.75) is 6.92 Å². The van der Waals surface area contributed by atoms with Crippen LogP contribution in [-0.4, -0.2) is 68.1 Å². The molecule has 118 valence electrons. The maximum Gasteiger partial charge on any atom is 0.161 e. The summed E-state index contributed by atoms with van der Waals surface area (Å²) in [6, 6.07) is 7.90. The molecule has 1 aromatic carbocycles. The van der Waals surface area contributed by atoms with Crippen molar-refractivity contribution in [1.29, 1.82) is 0 Å². The van der Waals surface area contributed by atoms with E-state index in [1.54, 1.807) is 14.0 Å². The second kappa shape index (κ2) is 6.23. The summed E-state index contributed by atoms with van der Waals surface area (Å²) in [7, 11) is 1.66. The van der Waals surface area contributed by atoms with E-state index in [-0.39, 0.29) is 5.78 Å². The van der Waals surface area contributed by atoms with Crippen LogP contribution in [0.1, 0.15) is 12.5 Å². The van der Waals surface area contributed by atoms with Gasteiger partial charge < -0.3 is 9.22 Å². The Kier molecular flexibility index (Phi) is 4.32. The highest BCUT2D eigenvalue weighted by Gasteiger charge is 2.39. The van der Waals surface area contributed by atoms with Crippen molar-refractivity contribution in [2.75, 3.05) is 52.9 Å². The maximum absolute atomic E-state index is 12.1. The predicted molar refractivity (Wildman–Crippen MR) is 87.8 cm³/mol.